The molecule has 28 heavy (non-hydrogen) atoms. The van der Waals surface area contributed by atoms with E-state index < -0.39 is 0 Å². The van der Waals surface area contributed by atoms with E-state index in [1.165, 1.54) is 56.9 Å². The molecule has 0 spiro atoms. The van der Waals surface area contributed by atoms with E-state index >= 15 is 0 Å². The van der Waals surface area contributed by atoms with Crippen LogP contribution in [0.5, 0.6) is 0 Å². The second kappa shape index (κ2) is 7.46. The maximum absolute atomic E-state index is 10.2. The van der Waals surface area contributed by atoms with E-state index in [0.717, 1.165) is 24.7 Å². The smallest absolute Gasteiger partial charge is 0.0543 e. The molecule has 6 atom stereocenters. The molecule has 1 N–H and O–H groups in total. The topological polar surface area (TPSA) is 20.2 Å². The Labute approximate surface area is 173 Å². The lowest BCUT2D eigenvalue weighted by Gasteiger charge is -2.54. The second-order valence-corrected chi connectivity index (χ2v) is 11.3. The summed E-state index contributed by atoms with van der Waals surface area (Å²) in [7, 11) is 0. The Balaban J connectivity index is 1.56. The van der Waals surface area contributed by atoms with E-state index in [1.807, 2.05) is 0 Å². The maximum atomic E-state index is 10.2. The Kier molecular flexibility index (Phi) is 5.45. The lowest BCUT2D eigenvalue weighted by atomic mass is 9.51. The highest BCUT2D eigenvalue weighted by atomic mass is 16.3. The van der Waals surface area contributed by atoms with Crippen LogP contribution in [0.25, 0.3) is 0 Å². The van der Waals surface area contributed by atoms with E-state index in [1.54, 1.807) is 16.7 Å². The minimum absolute atomic E-state index is 0.0502. The first kappa shape index (κ1) is 20.5. The fourth-order valence-electron chi connectivity index (χ4n) is 7.57. The summed E-state index contributed by atoms with van der Waals surface area (Å²) in [5.41, 5.74) is 7.54. The third-order valence-corrected chi connectivity index (χ3v) is 9.34. The van der Waals surface area contributed by atoms with E-state index in [0.29, 0.717) is 16.7 Å². The zero-order chi connectivity index (χ0) is 20.1. The van der Waals surface area contributed by atoms with Gasteiger partial charge in [0, 0.05) is 0 Å². The monoisotopic (exact) mass is 382 g/mol. The third kappa shape index (κ3) is 3.26. The lowest BCUT2D eigenvalue weighted by Crippen LogP contribution is -2.44. The Hall–Kier alpha value is -0.820. The van der Waals surface area contributed by atoms with E-state index in [4.69, 9.17) is 0 Å². The molecule has 1 fully saturated rings. The van der Waals surface area contributed by atoms with Gasteiger partial charge in [0.25, 0.3) is 0 Å². The zero-order valence-electron chi connectivity index (χ0n) is 19.0. The van der Waals surface area contributed by atoms with Crippen LogP contribution in [0.3, 0.4) is 0 Å². The van der Waals surface area contributed by atoms with Crippen LogP contribution in [-0.4, -0.2) is 11.2 Å². The molecule has 0 aromatic carbocycles. The van der Waals surface area contributed by atoms with Gasteiger partial charge in [-0.05, 0) is 118 Å². The summed E-state index contributed by atoms with van der Waals surface area (Å²) in [5.74, 6) is 2.33. The SMILES string of the molecule is CC(C)=CCC[C@@H](C)[C@H]1CC=C2C3=C(CC[C@@]21C)[C@@]1(C)CC[C@H](O)C[C@@H]1CC3. The number of hydrogen-bond acceptors (Lipinski definition) is 1. The minimum Gasteiger partial charge on any atom is -0.393 e. The summed E-state index contributed by atoms with van der Waals surface area (Å²) < 4.78 is 0. The molecule has 0 aliphatic heterocycles. The maximum Gasteiger partial charge on any atom is 0.0543 e. The summed E-state index contributed by atoms with van der Waals surface area (Å²) in [6, 6.07) is 0. The molecular formula is C27H42O. The zero-order valence-corrected chi connectivity index (χ0v) is 19.0. The molecule has 4 aliphatic carbocycles. The van der Waals surface area contributed by atoms with Crippen LogP contribution in [0.15, 0.2) is 34.4 Å². The van der Waals surface area contributed by atoms with Crippen LogP contribution in [0.2, 0.25) is 0 Å². The summed E-state index contributed by atoms with van der Waals surface area (Å²) in [4.78, 5) is 0. The molecule has 0 aromatic heterocycles. The summed E-state index contributed by atoms with van der Waals surface area (Å²) in [5, 5.41) is 10.2. The van der Waals surface area contributed by atoms with Gasteiger partial charge < -0.3 is 5.11 Å². The fourth-order valence-corrected chi connectivity index (χ4v) is 7.57. The highest BCUT2D eigenvalue weighted by molar-refractivity contribution is 5.49. The molecule has 0 radical (unpaired) electrons. The Morgan fingerprint density at radius 1 is 1.18 bits per heavy atom. The molecule has 156 valence electrons. The van der Waals surface area contributed by atoms with Crippen molar-refractivity contribution in [2.75, 3.05) is 0 Å². The molecule has 1 saturated carbocycles. The van der Waals surface area contributed by atoms with Crippen molar-refractivity contribution in [2.24, 2.45) is 28.6 Å². The van der Waals surface area contributed by atoms with Crippen LogP contribution in [-0.2, 0) is 0 Å². The van der Waals surface area contributed by atoms with Gasteiger partial charge in [0.15, 0.2) is 0 Å². The van der Waals surface area contributed by atoms with Crippen molar-refractivity contribution in [3.8, 4) is 0 Å². The van der Waals surface area contributed by atoms with E-state index in [-0.39, 0.29) is 6.10 Å². The number of aliphatic hydroxyl groups is 1. The first-order chi connectivity index (χ1) is 13.3. The third-order valence-electron chi connectivity index (χ3n) is 9.34. The molecule has 0 unspecified atom stereocenters. The first-order valence-corrected chi connectivity index (χ1v) is 12.0. The summed E-state index contributed by atoms with van der Waals surface area (Å²) in [6.45, 7) is 12.1. The van der Waals surface area contributed by atoms with Crippen molar-refractivity contribution in [3.63, 3.8) is 0 Å². The van der Waals surface area contributed by atoms with Gasteiger partial charge in [-0.1, -0.05) is 44.1 Å². The predicted molar refractivity (Wildman–Crippen MR) is 119 cm³/mol. The molecule has 1 nitrogen and oxygen atoms in total. The number of allylic oxidation sites excluding steroid dienone is 6. The fraction of sp³-hybridized carbons (Fsp3) is 0.778. The minimum atomic E-state index is -0.0502. The van der Waals surface area contributed by atoms with Crippen LogP contribution in [0, 0.1) is 28.6 Å². The molecule has 0 saturated heterocycles. The molecule has 4 rings (SSSR count). The van der Waals surface area contributed by atoms with Gasteiger partial charge in [0.05, 0.1) is 6.10 Å². The van der Waals surface area contributed by atoms with Crippen molar-refractivity contribution in [2.45, 2.75) is 105 Å². The molecule has 0 bridgehead atoms. The van der Waals surface area contributed by atoms with Gasteiger partial charge in [0.2, 0.25) is 0 Å². The molecular weight excluding hydrogens is 340 g/mol. The van der Waals surface area contributed by atoms with Gasteiger partial charge in [-0.3, -0.25) is 0 Å². The number of fused-ring (bicyclic) bond motifs is 4. The van der Waals surface area contributed by atoms with Crippen LogP contribution >= 0.6 is 0 Å². The summed E-state index contributed by atoms with van der Waals surface area (Å²) in [6.07, 6.45) is 17.3. The van der Waals surface area contributed by atoms with Crippen molar-refractivity contribution < 1.29 is 5.11 Å². The second-order valence-electron chi connectivity index (χ2n) is 11.3. The van der Waals surface area contributed by atoms with Crippen LogP contribution in [0.4, 0.5) is 0 Å². The van der Waals surface area contributed by atoms with Crippen molar-refractivity contribution >= 4 is 0 Å². The number of hydrogen-bond donors (Lipinski definition) is 1. The average Bonchev–Trinajstić information content (AvgIpc) is 2.99. The molecule has 1 heteroatoms. The first-order valence-electron chi connectivity index (χ1n) is 12.0. The predicted octanol–water partition coefficient (Wildman–Crippen LogP) is 7.37. The lowest BCUT2D eigenvalue weighted by molar-refractivity contribution is 0.0225. The van der Waals surface area contributed by atoms with Crippen LogP contribution in [0.1, 0.15) is 98.8 Å². The highest BCUT2D eigenvalue weighted by Crippen LogP contribution is 2.64. The highest BCUT2D eigenvalue weighted by Gasteiger charge is 2.52. The van der Waals surface area contributed by atoms with E-state index in [2.05, 4.69) is 46.8 Å². The molecule has 0 aromatic rings. The van der Waals surface area contributed by atoms with Crippen LogP contribution < -0.4 is 0 Å². The largest absolute Gasteiger partial charge is 0.393 e. The van der Waals surface area contributed by atoms with Crippen molar-refractivity contribution in [1.82, 2.24) is 0 Å². The summed E-state index contributed by atoms with van der Waals surface area (Å²) >= 11 is 0. The van der Waals surface area contributed by atoms with Gasteiger partial charge in [0.1, 0.15) is 0 Å². The number of rotatable bonds is 4. The van der Waals surface area contributed by atoms with E-state index in [9.17, 15) is 5.11 Å². The molecule has 4 aliphatic rings. The quantitative estimate of drug-likeness (QED) is 0.503. The molecule has 0 heterocycles. The Morgan fingerprint density at radius 2 is 1.96 bits per heavy atom. The standard InChI is InChI=1S/C27H42O/c1-18(2)7-6-8-19(3)23-11-12-24-22-10-9-20-17-21(28)13-15-26(20,4)25(22)14-16-27(23,24)5/h7,12,19-21,23,28H,6,8-11,13-17H2,1-5H3/t19-,20+,21+,23-,26+,27-/m1/s1. The molecule has 0 amide bonds. The van der Waals surface area contributed by atoms with Crippen molar-refractivity contribution in [3.05, 3.63) is 34.4 Å². The number of aliphatic hydroxyl groups excluding tert-OH is 1. The Morgan fingerprint density at radius 3 is 2.71 bits per heavy atom. The van der Waals surface area contributed by atoms with Gasteiger partial charge in [-0.15, -0.1) is 0 Å². The normalized spacial score (nSPS) is 40.9. The van der Waals surface area contributed by atoms with Gasteiger partial charge in [-0.25, -0.2) is 0 Å². The Bertz CT molecular complexity index is 706. The average molecular weight is 383 g/mol. The van der Waals surface area contributed by atoms with Gasteiger partial charge in [-0.2, -0.15) is 0 Å². The van der Waals surface area contributed by atoms with Gasteiger partial charge >= 0.3 is 0 Å². The van der Waals surface area contributed by atoms with Crippen molar-refractivity contribution in [1.29, 1.82) is 0 Å².